The van der Waals surface area contributed by atoms with Gasteiger partial charge in [-0.25, -0.2) is 4.98 Å². The molecule has 180 valence electrons. The number of methoxy groups -OCH3 is 2. The standard InChI is InChI=1S/C27H28N4O4/c1-34-23-13-19-10-12-30(15-20(19)14-24(23)35-2)16-26(33)28-21-8-6-18(7-9-21)27-22(17-32)31-11-4-3-5-25(31)29-27/h3-9,11,13-14,32H,10,12,15-17H2,1-2H3,(H,28,33). The quantitative estimate of drug-likeness (QED) is 0.428. The third-order valence-corrected chi connectivity index (χ3v) is 6.39. The molecular weight excluding hydrogens is 444 g/mol. The zero-order valence-electron chi connectivity index (χ0n) is 19.8. The number of rotatable bonds is 7. The first-order valence-electron chi connectivity index (χ1n) is 11.5. The molecular formula is C27H28N4O4. The molecule has 1 aliphatic rings. The summed E-state index contributed by atoms with van der Waals surface area (Å²) < 4.78 is 12.7. The molecule has 0 spiro atoms. The van der Waals surface area contributed by atoms with Gasteiger partial charge < -0.3 is 24.3 Å². The maximum atomic E-state index is 12.7. The van der Waals surface area contributed by atoms with E-state index in [0.29, 0.717) is 18.8 Å². The van der Waals surface area contributed by atoms with Gasteiger partial charge in [0, 0.05) is 30.5 Å². The van der Waals surface area contributed by atoms with Crippen molar-refractivity contribution in [3.05, 3.63) is 77.6 Å². The number of aromatic nitrogens is 2. The van der Waals surface area contributed by atoms with Crippen LogP contribution in [0.1, 0.15) is 16.8 Å². The van der Waals surface area contributed by atoms with Crippen LogP contribution in [-0.2, 0) is 24.4 Å². The molecule has 5 rings (SSSR count). The maximum absolute atomic E-state index is 12.7. The molecule has 2 N–H and O–H groups in total. The van der Waals surface area contributed by atoms with E-state index in [1.165, 1.54) is 5.56 Å². The van der Waals surface area contributed by atoms with Crippen molar-refractivity contribution in [2.24, 2.45) is 0 Å². The van der Waals surface area contributed by atoms with Crippen LogP contribution in [0.2, 0.25) is 0 Å². The van der Waals surface area contributed by atoms with Crippen LogP contribution >= 0.6 is 0 Å². The van der Waals surface area contributed by atoms with Crippen molar-refractivity contribution < 1.29 is 19.4 Å². The highest BCUT2D eigenvalue weighted by molar-refractivity contribution is 5.92. The number of carbonyl (C=O) groups is 1. The van der Waals surface area contributed by atoms with E-state index in [-0.39, 0.29) is 12.5 Å². The number of nitrogens with zero attached hydrogens (tertiary/aromatic N) is 3. The van der Waals surface area contributed by atoms with Crippen molar-refractivity contribution >= 4 is 17.2 Å². The molecule has 0 atom stereocenters. The molecule has 8 heteroatoms. The lowest BCUT2D eigenvalue weighted by atomic mass is 9.99. The summed E-state index contributed by atoms with van der Waals surface area (Å²) in [5.74, 6) is 1.37. The fourth-order valence-electron chi connectivity index (χ4n) is 4.62. The average Bonchev–Trinajstić information content (AvgIpc) is 3.26. The SMILES string of the molecule is COc1cc2c(cc1OC)CN(CC(=O)Nc1ccc(-c3nc4ccccn4c3CO)cc1)CC2. The fraction of sp³-hybridized carbons (Fsp3) is 0.259. The van der Waals surface area contributed by atoms with Gasteiger partial charge in [-0.2, -0.15) is 0 Å². The molecule has 2 aromatic heterocycles. The number of aliphatic hydroxyl groups is 1. The molecule has 0 saturated carbocycles. The Kier molecular flexibility index (Phi) is 6.39. The summed E-state index contributed by atoms with van der Waals surface area (Å²) in [5, 5.41) is 12.9. The molecule has 0 radical (unpaired) electrons. The number of benzene rings is 2. The number of ether oxygens (including phenoxy) is 2. The van der Waals surface area contributed by atoms with E-state index in [0.717, 1.165) is 52.6 Å². The van der Waals surface area contributed by atoms with Crippen LogP contribution in [0.15, 0.2) is 60.8 Å². The van der Waals surface area contributed by atoms with Crippen LogP contribution < -0.4 is 14.8 Å². The number of pyridine rings is 1. The molecule has 0 bridgehead atoms. The Hall–Kier alpha value is -3.88. The van der Waals surface area contributed by atoms with Gasteiger partial charge >= 0.3 is 0 Å². The Morgan fingerprint density at radius 3 is 2.51 bits per heavy atom. The summed E-state index contributed by atoms with van der Waals surface area (Å²) >= 11 is 0. The Morgan fingerprint density at radius 1 is 1.06 bits per heavy atom. The molecule has 4 aromatic rings. The molecule has 1 aliphatic heterocycles. The van der Waals surface area contributed by atoms with Crippen molar-refractivity contribution in [3.63, 3.8) is 0 Å². The first kappa shape index (κ1) is 22.9. The molecule has 0 saturated heterocycles. The summed E-state index contributed by atoms with van der Waals surface area (Å²) in [4.78, 5) is 19.5. The molecule has 8 nitrogen and oxygen atoms in total. The normalized spacial score (nSPS) is 13.5. The summed E-state index contributed by atoms with van der Waals surface area (Å²) in [6.45, 7) is 1.67. The molecule has 35 heavy (non-hydrogen) atoms. The van der Waals surface area contributed by atoms with Crippen LogP contribution in [0.4, 0.5) is 5.69 Å². The van der Waals surface area contributed by atoms with E-state index in [4.69, 9.17) is 9.47 Å². The van der Waals surface area contributed by atoms with E-state index in [2.05, 4.69) is 15.2 Å². The van der Waals surface area contributed by atoms with E-state index in [1.54, 1.807) is 14.2 Å². The fourth-order valence-corrected chi connectivity index (χ4v) is 4.62. The van der Waals surface area contributed by atoms with Gasteiger partial charge in [0.1, 0.15) is 5.65 Å². The number of imidazole rings is 1. The lowest BCUT2D eigenvalue weighted by Crippen LogP contribution is -2.37. The van der Waals surface area contributed by atoms with Crippen LogP contribution in [0.25, 0.3) is 16.9 Å². The smallest absolute Gasteiger partial charge is 0.238 e. The minimum Gasteiger partial charge on any atom is -0.493 e. The third kappa shape index (κ3) is 4.58. The van der Waals surface area contributed by atoms with E-state index in [9.17, 15) is 9.90 Å². The second-order valence-corrected chi connectivity index (χ2v) is 8.56. The third-order valence-electron chi connectivity index (χ3n) is 6.39. The van der Waals surface area contributed by atoms with E-state index < -0.39 is 0 Å². The lowest BCUT2D eigenvalue weighted by Gasteiger charge is -2.29. The minimum absolute atomic E-state index is 0.0644. The first-order valence-corrected chi connectivity index (χ1v) is 11.5. The van der Waals surface area contributed by atoms with Crippen LogP contribution in [0.3, 0.4) is 0 Å². The van der Waals surface area contributed by atoms with Crippen molar-refractivity contribution in [1.29, 1.82) is 0 Å². The van der Waals surface area contributed by atoms with Gasteiger partial charge in [0.15, 0.2) is 11.5 Å². The number of aliphatic hydroxyl groups excluding tert-OH is 1. The highest BCUT2D eigenvalue weighted by atomic mass is 16.5. The molecule has 0 unspecified atom stereocenters. The average molecular weight is 473 g/mol. The summed E-state index contributed by atoms with van der Waals surface area (Å²) in [7, 11) is 3.27. The molecule has 2 aromatic carbocycles. The number of carbonyl (C=O) groups excluding carboxylic acids is 1. The second-order valence-electron chi connectivity index (χ2n) is 8.56. The van der Waals surface area contributed by atoms with Crippen LogP contribution in [-0.4, -0.2) is 52.6 Å². The van der Waals surface area contributed by atoms with Crippen LogP contribution in [0, 0.1) is 0 Å². The predicted octanol–water partition coefficient (Wildman–Crippen LogP) is 3.51. The number of anilines is 1. The van der Waals surface area contributed by atoms with Gasteiger partial charge in [-0.3, -0.25) is 9.69 Å². The van der Waals surface area contributed by atoms with Gasteiger partial charge in [0.25, 0.3) is 0 Å². The monoisotopic (exact) mass is 472 g/mol. The molecule has 0 aliphatic carbocycles. The highest BCUT2D eigenvalue weighted by Gasteiger charge is 2.21. The molecule has 1 amide bonds. The lowest BCUT2D eigenvalue weighted by molar-refractivity contribution is -0.117. The summed E-state index contributed by atoms with van der Waals surface area (Å²) in [6.07, 6.45) is 2.74. The maximum Gasteiger partial charge on any atom is 0.238 e. The van der Waals surface area contributed by atoms with Crippen molar-refractivity contribution in [2.45, 2.75) is 19.6 Å². The summed E-state index contributed by atoms with van der Waals surface area (Å²) in [5.41, 5.74) is 6.22. The number of fused-ring (bicyclic) bond motifs is 2. The number of amides is 1. The molecule has 0 fully saturated rings. The van der Waals surface area contributed by atoms with Crippen LogP contribution in [0.5, 0.6) is 11.5 Å². The summed E-state index contributed by atoms with van der Waals surface area (Å²) in [6, 6.07) is 17.3. The van der Waals surface area contributed by atoms with Crippen molar-refractivity contribution in [2.75, 3.05) is 32.6 Å². The Labute approximate surface area is 203 Å². The topological polar surface area (TPSA) is 88.3 Å². The van der Waals surface area contributed by atoms with Gasteiger partial charge in [-0.15, -0.1) is 0 Å². The largest absolute Gasteiger partial charge is 0.493 e. The number of nitrogens with one attached hydrogen (secondary N) is 1. The molecule has 3 heterocycles. The first-order chi connectivity index (χ1) is 17.1. The number of hydrogen-bond donors (Lipinski definition) is 2. The Balaban J connectivity index is 1.24. The van der Waals surface area contributed by atoms with Gasteiger partial charge in [0.05, 0.1) is 38.8 Å². The second kappa shape index (κ2) is 9.77. The van der Waals surface area contributed by atoms with Gasteiger partial charge in [-0.1, -0.05) is 18.2 Å². The zero-order chi connectivity index (χ0) is 24.4. The number of hydrogen-bond acceptors (Lipinski definition) is 6. The van der Waals surface area contributed by atoms with Gasteiger partial charge in [0.2, 0.25) is 5.91 Å². The Morgan fingerprint density at radius 2 is 1.80 bits per heavy atom. The van der Waals surface area contributed by atoms with Crippen molar-refractivity contribution in [1.82, 2.24) is 14.3 Å². The minimum atomic E-state index is -0.114. The highest BCUT2D eigenvalue weighted by Crippen LogP contribution is 2.33. The van der Waals surface area contributed by atoms with Crippen molar-refractivity contribution in [3.8, 4) is 22.8 Å². The van der Waals surface area contributed by atoms with E-state index in [1.807, 2.05) is 65.2 Å². The Bertz CT molecular complexity index is 1360. The predicted molar refractivity (Wildman–Crippen MR) is 134 cm³/mol. The van der Waals surface area contributed by atoms with Gasteiger partial charge in [-0.05, 0) is 53.9 Å². The van der Waals surface area contributed by atoms with E-state index >= 15 is 0 Å². The zero-order valence-corrected chi connectivity index (χ0v) is 19.8.